The van der Waals surface area contributed by atoms with Crippen LogP contribution in [0.1, 0.15) is 33.6 Å². The zero-order valence-electron chi connectivity index (χ0n) is 18.2. The third kappa shape index (κ3) is 5.20. The highest BCUT2D eigenvalue weighted by atomic mass is 35.5. The van der Waals surface area contributed by atoms with Gasteiger partial charge < -0.3 is 9.47 Å². The molecule has 4 rings (SSSR count). The number of hydrogen-bond acceptors (Lipinski definition) is 5. The molecule has 3 aromatic rings. The second-order valence-electron chi connectivity index (χ2n) is 8.88. The molecule has 0 spiro atoms. The zero-order chi connectivity index (χ0) is 22.0. The number of aromatic nitrogens is 2. The first-order valence-electron chi connectivity index (χ1n) is 10.6. The minimum absolute atomic E-state index is 0.188. The summed E-state index contributed by atoms with van der Waals surface area (Å²) in [6, 6.07) is 15.7. The number of ether oxygens (including phenoxy) is 2. The Hall–Kier alpha value is -2.57. The van der Waals surface area contributed by atoms with Crippen molar-refractivity contribution >= 4 is 28.5 Å². The third-order valence-corrected chi connectivity index (χ3v) is 5.66. The molecule has 2 heterocycles. The van der Waals surface area contributed by atoms with Gasteiger partial charge in [0.05, 0.1) is 17.7 Å². The highest BCUT2D eigenvalue weighted by Crippen LogP contribution is 2.27. The van der Waals surface area contributed by atoms with Gasteiger partial charge in [-0.2, -0.15) is 5.10 Å². The maximum atomic E-state index is 12.2. The molecule has 6 nitrogen and oxygen atoms in total. The molecule has 0 bridgehead atoms. The fourth-order valence-corrected chi connectivity index (χ4v) is 4.17. The Labute approximate surface area is 187 Å². The molecule has 0 saturated carbocycles. The van der Waals surface area contributed by atoms with Crippen LogP contribution >= 0.6 is 11.6 Å². The van der Waals surface area contributed by atoms with Crippen LogP contribution in [0.4, 0.5) is 0 Å². The molecular weight excluding hydrogens is 414 g/mol. The Bertz CT molecular complexity index is 1060. The van der Waals surface area contributed by atoms with Crippen LogP contribution < -0.4 is 4.74 Å². The van der Waals surface area contributed by atoms with Crippen molar-refractivity contribution in [2.75, 3.05) is 19.7 Å². The molecule has 164 valence electrons. The molecule has 7 heteroatoms. The first-order chi connectivity index (χ1) is 14.8. The van der Waals surface area contributed by atoms with Crippen molar-refractivity contribution in [1.82, 2.24) is 14.7 Å². The maximum absolute atomic E-state index is 12.2. The standard InChI is InChI=1S/C24H28ClN3O3/c1-24(2,3)31-22(29)15-27-14-6-7-18(27)16-30-19-12-10-17(11-13-19)28-23(25)20-8-4-5-9-21(20)26-28/h4-5,8-13,18H,6-7,14-16H2,1-3H3. The third-order valence-electron chi connectivity index (χ3n) is 5.29. The molecule has 1 atom stereocenters. The van der Waals surface area contributed by atoms with Gasteiger partial charge in [0.2, 0.25) is 0 Å². The second-order valence-corrected chi connectivity index (χ2v) is 9.24. The lowest BCUT2D eigenvalue weighted by atomic mass is 10.2. The fourth-order valence-electron chi connectivity index (χ4n) is 3.88. The predicted molar refractivity (Wildman–Crippen MR) is 122 cm³/mol. The van der Waals surface area contributed by atoms with Crippen molar-refractivity contribution in [2.24, 2.45) is 0 Å². The maximum Gasteiger partial charge on any atom is 0.320 e. The Morgan fingerprint density at radius 2 is 1.90 bits per heavy atom. The summed E-state index contributed by atoms with van der Waals surface area (Å²) in [7, 11) is 0. The average molecular weight is 442 g/mol. The van der Waals surface area contributed by atoms with E-state index in [0.29, 0.717) is 18.3 Å². The second kappa shape index (κ2) is 8.89. The van der Waals surface area contributed by atoms with Crippen molar-refractivity contribution in [2.45, 2.75) is 45.3 Å². The molecule has 0 aliphatic carbocycles. The van der Waals surface area contributed by atoms with Gasteiger partial charge in [-0.3, -0.25) is 9.69 Å². The van der Waals surface area contributed by atoms with Crippen LogP contribution in [0.5, 0.6) is 5.75 Å². The van der Waals surface area contributed by atoms with Crippen LogP contribution in [0.2, 0.25) is 5.15 Å². The van der Waals surface area contributed by atoms with E-state index in [4.69, 9.17) is 21.1 Å². The Kier molecular flexibility index (Phi) is 6.21. The highest BCUT2D eigenvalue weighted by molar-refractivity contribution is 6.34. The van der Waals surface area contributed by atoms with Crippen LogP contribution in [-0.4, -0.2) is 52.0 Å². The molecule has 0 N–H and O–H groups in total. The summed E-state index contributed by atoms with van der Waals surface area (Å²) >= 11 is 6.50. The zero-order valence-corrected chi connectivity index (χ0v) is 18.9. The average Bonchev–Trinajstić information content (AvgIpc) is 3.30. The highest BCUT2D eigenvalue weighted by Gasteiger charge is 2.28. The Morgan fingerprint density at radius 3 is 2.61 bits per heavy atom. The molecule has 0 radical (unpaired) electrons. The van der Waals surface area contributed by atoms with Crippen molar-refractivity contribution in [3.63, 3.8) is 0 Å². The monoisotopic (exact) mass is 441 g/mol. The number of carbonyl (C=O) groups is 1. The van der Waals surface area contributed by atoms with E-state index in [0.717, 1.165) is 41.7 Å². The van der Waals surface area contributed by atoms with Gasteiger partial charge in [-0.25, -0.2) is 4.68 Å². The van der Waals surface area contributed by atoms with E-state index in [2.05, 4.69) is 10.00 Å². The number of esters is 1. The summed E-state index contributed by atoms with van der Waals surface area (Å²) in [5, 5.41) is 6.09. The number of carbonyl (C=O) groups excluding carboxylic acids is 1. The quantitative estimate of drug-likeness (QED) is 0.511. The van der Waals surface area contributed by atoms with Gasteiger partial charge in [0.25, 0.3) is 0 Å². The number of fused-ring (bicyclic) bond motifs is 1. The molecular formula is C24H28ClN3O3. The minimum atomic E-state index is -0.464. The van der Waals surface area contributed by atoms with E-state index < -0.39 is 5.60 Å². The number of halogens is 1. The molecule has 1 unspecified atom stereocenters. The summed E-state index contributed by atoms with van der Waals surface area (Å²) in [6.07, 6.45) is 2.07. The largest absolute Gasteiger partial charge is 0.492 e. The summed E-state index contributed by atoms with van der Waals surface area (Å²) < 4.78 is 13.2. The van der Waals surface area contributed by atoms with Crippen LogP contribution in [0.15, 0.2) is 48.5 Å². The normalized spacial score (nSPS) is 17.2. The van der Waals surface area contributed by atoms with Crippen molar-refractivity contribution in [1.29, 1.82) is 0 Å². The van der Waals surface area contributed by atoms with E-state index in [9.17, 15) is 4.79 Å². The molecule has 31 heavy (non-hydrogen) atoms. The summed E-state index contributed by atoms with van der Waals surface area (Å²) in [4.78, 5) is 14.3. The first-order valence-corrected chi connectivity index (χ1v) is 11.0. The summed E-state index contributed by atoms with van der Waals surface area (Å²) in [5.41, 5.74) is 1.27. The molecule has 1 aliphatic rings. The van der Waals surface area contributed by atoms with Gasteiger partial charge in [0, 0.05) is 11.4 Å². The number of rotatable bonds is 6. The van der Waals surface area contributed by atoms with Gasteiger partial charge in [-0.05, 0) is 76.6 Å². The minimum Gasteiger partial charge on any atom is -0.492 e. The summed E-state index contributed by atoms with van der Waals surface area (Å²) in [5.74, 6) is 0.591. The van der Waals surface area contributed by atoms with Gasteiger partial charge in [-0.15, -0.1) is 0 Å². The van der Waals surface area contributed by atoms with Crippen LogP contribution in [0.25, 0.3) is 16.6 Å². The molecule has 1 aliphatic heterocycles. The number of hydrogen-bond donors (Lipinski definition) is 0. The van der Waals surface area contributed by atoms with Gasteiger partial charge >= 0.3 is 5.97 Å². The predicted octanol–water partition coefficient (Wildman–Crippen LogP) is 4.86. The topological polar surface area (TPSA) is 56.6 Å². The van der Waals surface area contributed by atoms with Crippen LogP contribution in [0, 0.1) is 0 Å². The Morgan fingerprint density at radius 1 is 1.16 bits per heavy atom. The van der Waals surface area contributed by atoms with Crippen LogP contribution in [-0.2, 0) is 9.53 Å². The van der Waals surface area contributed by atoms with E-state index in [1.165, 1.54) is 0 Å². The fraction of sp³-hybridized carbons (Fsp3) is 0.417. The molecule has 1 saturated heterocycles. The number of benzene rings is 2. The first kappa shape index (κ1) is 21.7. The van der Waals surface area contributed by atoms with Crippen molar-refractivity contribution in [3.05, 3.63) is 53.7 Å². The van der Waals surface area contributed by atoms with Crippen molar-refractivity contribution in [3.8, 4) is 11.4 Å². The SMILES string of the molecule is CC(C)(C)OC(=O)CN1CCCC1COc1ccc(-n2nc3ccccc3c2Cl)cc1. The van der Waals surface area contributed by atoms with Crippen LogP contribution in [0.3, 0.4) is 0 Å². The van der Waals surface area contributed by atoms with Gasteiger partial charge in [0.15, 0.2) is 0 Å². The number of nitrogens with zero attached hydrogens (tertiary/aromatic N) is 3. The number of likely N-dealkylation sites (tertiary alicyclic amines) is 1. The van der Waals surface area contributed by atoms with E-state index >= 15 is 0 Å². The lowest BCUT2D eigenvalue weighted by Crippen LogP contribution is -2.40. The molecule has 1 aromatic heterocycles. The lowest BCUT2D eigenvalue weighted by Gasteiger charge is -2.26. The van der Waals surface area contributed by atoms with E-state index in [-0.39, 0.29) is 12.0 Å². The Balaban J connectivity index is 1.37. The van der Waals surface area contributed by atoms with Crippen molar-refractivity contribution < 1.29 is 14.3 Å². The summed E-state index contributed by atoms with van der Waals surface area (Å²) in [6.45, 7) is 7.39. The van der Waals surface area contributed by atoms with E-state index in [1.807, 2.05) is 69.3 Å². The van der Waals surface area contributed by atoms with Gasteiger partial charge in [0.1, 0.15) is 23.1 Å². The smallest absolute Gasteiger partial charge is 0.320 e. The molecule has 2 aromatic carbocycles. The lowest BCUT2D eigenvalue weighted by molar-refractivity contribution is -0.156. The molecule has 0 amide bonds. The van der Waals surface area contributed by atoms with Gasteiger partial charge in [-0.1, -0.05) is 23.7 Å². The van der Waals surface area contributed by atoms with E-state index in [1.54, 1.807) is 4.68 Å². The molecule has 1 fully saturated rings.